The van der Waals surface area contributed by atoms with Crippen LogP contribution in [0, 0.1) is 46.3 Å². The molecule has 0 bridgehead atoms. The highest BCUT2D eigenvalue weighted by atomic mass is 16.3. The molecule has 0 aromatic heterocycles. The summed E-state index contributed by atoms with van der Waals surface area (Å²) in [7, 11) is 0. The van der Waals surface area contributed by atoms with Crippen molar-refractivity contribution in [1.29, 1.82) is 0 Å². The van der Waals surface area contributed by atoms with Gasteiger partial charge in [-0.25, -0.2) is 0 Å². The predicted molar refractivity (Wildman–Crippen MR) is 121 cm³/mol. The van der Waals surface area contributed by atoms with Gasteiger partial charge in [0.1, 0.15) is 0 Å². The molecule has 0 amide bonds. The molecule has 2 nitrogen and oxygen atoms in total. The maximum atomic E-state index is 10.7. The van der Waals surface area contributed by atoms with Gasteiger partial charge in [-0.05, 0) is 138 Å². The van der Waals surface area contributed by atoms with E-state index in [9.17, 15) is 10.2 Å². The SMILES string of the molecule is C[C@H](CCC(C)(C)O)C1CCC2C3CCC4C[C@@](C)(O)CCC4(C)C3CCC21C. The van der Waals surface area contributed by atoms with Crippen LogP contribution in [0.3, 0.4) is 0 Å². The van der Waals surface area contributed by atoms with Crippen LogP contribution in [0.25, 0.3) is 0 Å². The zero-order valence-electron chi connectivity index (χ0n) is 20.1. The molecular weight excluding hydrogens is 356 g/mol. The number of hydrogen-bond donors (Lipinski definition) is 2. The molecule has 0 spiro atoms. The normalized spacial score (nSPS) is 51.1. The Balaban J connectivity index is 1.49. The quantitative estimate of drug-likeness (QED) is 0.555. The van der Waals surface area contributed by atoms with E-state index in [4.69, 9.17) is 0 Å². The van der Waals surface area contributed by atoms with Crippen LogP contribution in [-0.4, -0.2) is 21.4 Å². The summed E-state index contributed by atoms with van der Waals surface area (Å²) in [4.78, 5) is 0. The Morgan fingerprint density at radius 3 is 2.28 bits per heavy atom. The minimum atomic E-state index is -0.528. The Morgan fingerprint density at radius 2 is 1.59 bits per heavy atom. The maximum absolute atomic E-state index is 10.7. The van der Waals surface area contributed by atoms with Crippen molar-refractivity contribution in [2.45, 2.75) is 123 Å². The number of aliphatic hydroxyl groups is 2. The van der Waals surface area contributed by atoms with Gasteiger partial charge in [-0.15, -0.1) is 0 Å². The highest BCUT2D eigenvalue weighted by Gasteiger charge is 2.61. The molecule has 4 rings (SSSR count). The molecule has 0 heterocycles. The van der Waals surface area contributed by atoms with Gasteiger partial charge in [0.25, 0.3) is 0 Å². The Kier molecular flexibility index (Phi) is 5.51. The molecule has 4 aliphatic carbocycles. The zero-order chi connectivity index (χ0) is 21.2. The minimum absolute atomic E-state index is 0.422. The summed E-state index contributed by atoms with van der Waals surface area (Å²) in [6, 6.07) is 0. The molecule has 4 saturated carbocycles. The van der Waals surface area contributed by atoms with Gasteiger partial charge in [0.2, 0.25) is 0 Å². The third-order valence-electron chi connectivity index (χ3n) is 10.9. The van der Waals surface area contributed by atoms with E-state index in [2.05, 4.69) is 27.7 Å². The van der Waals surface area contributed by atoms with Crippen molar-refractivity contribution >= 4 is 0 Å². The Hall–Kier alpha value is -0.0800. The first-order chi connectivity index (χ1) is 13.4. The average molecular weight is 405 g/mol. The molecular formula is C27H48O2. The fourth-order valence-electron chi connectivity index (χ4n) is 9.19. The van der Waals surface area contributed by atoms with Gasteiger partial charge in [0, 0.05) is 0 Å². The fourth-order valence-corrected chi connectivity index (χ4v) is 9.19. The average Bonchev–Trinajstić information content (AvgIpc) is 2.97. The summed E-state index contributed by atoms with van der Waals surface area (Å²) in [5.74, 6) is 5.03. The molecule has 2 N–H and O–H groups in total. The van der Waals surface area contributed by atoms with Gasteiger partial charge >= 0.3 is 0 Å². The van der Waals surface area contributed by atoms with Gasteiger partial charge in [-0.1, -0.05) is 20.8 Å². The van der Waals surface area contributed by atoms with Crippen LogP contribution in [0.15, 0.2) is 0 Å². The molecule has 0 saturated heterocycles. The van der Waals surface area contributed by atoms with Gasteiger partial charge in [-0.3, -0.25) is 0 Å². The number of rotatable bonds is 4. The van der Waals surface area contributed by atoms with Gasteiger partial charge in [0.05, 0.1) is 11.2 Å². The Labute approximate surface area is 180 Å². The van der Waals surface area contributed by atoms with E-state index in [1.807, 2.05) is 13.8 Å². The van der Waals surface area contributed by atoms with Crippen LogP contribution in [0.2, 0.25) is 0 Å². The highest BCUT2D eigenvalue weighted by molar-refractivity contribution is 5.10. The van der Waals surface area contributed by atoms with Crippen LogP contribution >= 0.6 is 0 Å². The molecule has 4 aliphatic rings. The van der Waals surface area contributed by atoms with Gasteiger partial charge in [0.15, 0.2) is 0 Å². The van der Waals surface area contributed by atoms with E-state index >= 15 is 0 Å². The summed E-state index contributed by atoms with van der Waals surface area (Å²) in [5, 5.41) is 20.9. The molecule has 29 heavy (non-hydrogen) atoms. The smallest absolute Gasteiger partial charge is 0.0622 e. The second-order valence-electron chi connectivity index (χ2n) is 13.4. The van der Waals surface area contributed by atoms with Crippen molar-refractivity contribution in [2.75, 3.05) is 0 Å². The summed E-state index contributed by atoms with van der Waals surface area (Å²) in [5.41, 5.74) is 0.0369. The minimum Gasteiger partial charge on any atom is -0.390 e. The lowest BCUT2D eigenvalue weighted by atomic mass is 9.43. The molecule has 0 radical (unpaired) electrons. The van der Waals surface area contributed by atoms with Crippen LogP contribution in [-0.2, 0) is 0 Å². The molecule has 4 fully saturated rings. The lowest BCUT2D eigenvalue weighted by Crippen LogP contribution is -2.55. The van der Waals surface area contributed by atoms with Crippen LogP contribution in [0.5, 0.6) is 0 Å². The standard InChI is InChI=1S/C27H48O2/c1-18(11-13-24(2,3)28)21-9-10-22-20-8-7-19-17-25(4,29)15-16-26(19,5)23(20)12-14-27(21,22)6/h18-23,28-29H,7-17H2,1-6H3/t18-,19?,20?,21?,22?,23?,25+,26?,27?/m1/s1. The Bertz CT molecular complexity index is 604. The second-order valence-corrected chi connectivity index (χ2v) is 13.4. The van der Waals surface area contributed by atoms with Crippen LogP contribution in [0.4, 0.5) is 0 Å². The fraction of sp³-hybridized carbons (Fsp3) is 1.00. The van der Waals surface area contributed by atoms with Crippen molar-refractivity contribution in [2.24, 2.45) is 46.3 Å². The first-order valence-corrected chi connectivity index (χ1v) is 12.8. The number of hydrogen-bond acceptors (Lipinski definition) is 2. The van der Waals surface area contributed by atoms with E-state index in [0.717, 1.165) is 54.8 Å². The third-order valence-corrected chi connectivity index (χ3v) is 10.9. The highest BCUT2D eigenvalue weighted by Crippen LogP contribution is 2.68. The second kappa shape index (κ2) is 7.22. The molecule has 0 aliphatic heterocycles. The first kappa shape index (κ1) is 22.1. The monoisotopic (exact) mass is 404 g/mol. The van der Waals surface area contributed by atoms with Gasteiger partial charge in [-0.2, -0.15) is 0 Å². The molecule has 0 aromatic carbocycles. The van der Waals surface area contributed by atoms with E-state index in [0.29, 0.717) is 10.8 Å². The van der Waals surface area contributed by atoms with Gasteiger partial charge < -0.3 is 10.2 Å². The third kappa shape index (κ3) is 3.84. The van der Waals surface area contributed by atoms with Crippen molar-refractivity contribution in [3.63, 3.8) is 0 Å². The largest absolute Gasteiger partial charge is 0.390 e. The Morgan fingerprint density at radius 1 is 0.897 bits per heavy atom. The summed E-state index contributed by atoms with van der Waals surface area (Å²) >= 11 is 0. The van der Waals surface area contributed by atoms with Crippen molar-refractivity contribution in [3.05, 3.63) is 0 Å². The van der Waals surface area contributed by atoms with Crippen LogP contribution in [0.1, 0.15) is 112 Å². The van der Waals surface area contributed by atoms with Crippen molar-refractivity contribution < 1.29 is 10.2 Å². The topological polar surface area (TPSA) is 40.5 Å². The van der Waals surface area contributed by atoms with Crippen LogP contribution < -0.4 is 0 Å². The summed E-state index contributed by atoms with van der Waals surface area (Å²) in [6.07, 6.45) is 13.8. The number of fused-ring (bicyclic) bond motifs is 5. The maximum Gasteiger partial charge on any atom is 0.0622 e. The summed E-state index contributed by atoms with van der Waals surface area (Å²) in [6.45, 7) is 13.7. The first-order valence-electron chi connectivity index (χ1n) is 12.8. The molecule has 7 unspecified atom stereocenters. The molecule has 168 valence electrons. The summed E-state index contributed by atoms with van der Waals surface area (Å²) < 4.78 is 0. The van der Waals surface area contributed by atoms with E-state index < -0.39 is 11.2 Å². The van der Waals surface area contributed by atoms with E-state index in [1.54, 1.807) is 0 Å². The lowest BCUT2D eigenvalue weighted by Gasteiger charge is -2.62. The van der Waals surface area contributed by atoms with Crippen molar-refractivity contribution in [1.82, 2.24) is 0 Å². The predicted octanol–water partition coefficient (Wildman–Crippen LogP) is 6.58. The van der Waals surface area contributed by atoms with E-state index in [-0.39, 0.29) is 0 Å². The van der Waals surface area contributed by atoms with Crippen molar-refractivity contribution in [3.8, 4) is 0 Å². The molecule has 2 heteroatoms. The zero-order valence-corrected chi connectivity index (χ0v) is 20.1. The lowest BCUT2D eigenvalue weighted by molar-refractivity contribution is -0.148. The molecule has 0 aromatic rings. The molecule has 9 atom stereocenters. The van der Waals surface area contributed by atoms with E-state index in [1.165, 1.54) is 51.4 Å².